The third kappa shape index (κ3) is 4.09. The van der Waals surface area contributed by atoms with Crippen LogP contribution in [0.2, 0.25) is 0 Å². The number of oxime groups is 1. The SMILES string of the molecule is CCN(CC)S(=O)(=O)c1ccc2c(c1)CCCN2C(=O)C1CC(c2ccccc2)=NO1. The molecule has 1 unspecified atom stereocenters. The predicted molar refractivity (Wildman–Crippen MR) is 120 cm³/mol. The topological polar surface area (TPSA) is 79.3 Å². The zero-order valence-electron chi connectivity index (χ0n) is 17.8. The van der Waals surface area contributed by atoms with Gasteiger partial charge in [0.25, 0.3) is 5.91 Å². The van der Waals surface area contributed by atoms with E-state index in [-0.39, 0.29) is 10.8 Å². The molecule has 0 bridgehead atoms. The highest BCUT2D eigenvalue weighted by Gasteiger charge is 2.35. The van der Waals surface area contributed by atoms with Crippen LogP contribution in [0.3, 0.4) is 0 Å². The van der Waals surface area contributed by atoms with Crippen molar-refractivity contribution in [3.63, 3.8) is 0 Å². The number of benzene rings is 2. The van der Waals surface area contributed by atoms with E-state index in [1.54, 1.807) is 23.1 Å². The number of aryl methyl sites for hydroxylation is 1. The molecule has 8 heteroatoms. The summed E-state index contributed by atoms with van der Waals surface area (Å²) in [6.07, 6.45) is 1.26. The van der Waals surface area contributed by atoms with E-state index < -0.39 is 16.1 Å². The molecule has 164 valence electrons. The largest absolute Gasteiger partial charge is 0.382 e. The lowest BCUT2D eigenvalue weighted by Crippen LogP contribution is -2.42. The van der Waals surface area contributed by atoms with Gasteiger partial charge in [-0.25, -0.2) is 8.42 Å². The van der Waals surface area contributed by atoms with Crippen LogP contribution in [-0.2, 0) is 26.1 Å². The van der Waals surface area contributed by atoms with Crippen LogP contribution >= 0.6 is 0 Å². The van der Waals surface area contributed by atoms with Gasteiger partial charge in [0, 0.05) is 31.7 Å². The number of carbonyl (C=O) groups is 1. The molecule has 0 radical (unpaired) electrons. The Morgan fingerprint density at radius 2 is 1.90 bits per heavy atom. The van der Waals surface area contributed by atoms with Crippen LogP contribution < -0.4 is 4.90 Å². The smallest absolute Gasteiger partial charge is 0.271 e. The summed E-state index contributed by atoms with van der Waals surface area (Å²) in [7, 11) is -3.54. The van der Waals surface area contributed by atoms with E-state index in [9.17, 15) is 13.2 Å². The van der Waals surface area contributed by atoms with Crippen LogP contribution in [-0.4, -0.2) is 50.1 Å². The number of fused-ring (bicyclic) bond motifs is 1. The molecule has 0 spiro atoms. The summed E-state index contributed by atoms with van der Waals surface area (Å²) < 4.78 is 27.2. The average molecular weight is 442 g/mol. The Morgan fingerprint density at radius 1 is 1.16 bits per heavy atom. The number of hydrogen-bond acceptors (Lipinski definition) is 5. The lowest BCUT2D eigenvalue weighted by Gasteiger charge is -2.31. The molecule has 0 saturated carbocycles. The molecule has 1 atom stereocenters. The molecule has 0 aromatic heterocycles. The van der Waals surface area contributed by atoms with Crippen molar-refractivity contribution in [2.75, 3.05) is 24.5 Å². The van der Waals surface area contributed by atoms with Crippen molar-refractivity contribution in [2.24, 2.45) is 5.16 Å². The monoisotopic (exact) mass is 441 g/mol. The minimum atomic E-state index is -3.54. The first-order valence-corrected chi connectivity index (χ1v) is 12.1. The van der Waals surface area contributed by atoms with Gasteiger partial charge in [-0.1, -0.05) is 49.3 Å². The molecule has 0 fully saturated rings. The number of sulfonamides is 1. The average Bonchev–Trinajstić information content (AvgIpc) is 3.29. The normalized spacial score (nSPS) is 18.5. The van der Waals surface area contributed by atoms with Crippen LogP contribution in [0.4, 0.5) is 5.69 Å². The standard InChI is InChI=1S/C23H27N3O4S/c1-3-25(4-2)31(28,29)19-12-13-21-18(15-19)11-8-14-26(21)23(27)22-16-20(24-30-22)17-9-6-5-7-10-17/h5-7,9-10,12-13,15,22H,3-4,8,11,14,16H2,1-2H3. The van der Waals surface area contributed by atoms with Gasteiger partial charge in [-0.2, -0.15) is 4.31 Å². The van der Waals surface area contributed by atoms with Gasteiger partial charge in [0.1, 0.15) is 0 Å². The van der Waals surface area contributed by atoms with Crippen molar-refractivity contribution in [1.82, 2.24) is 4.31 Å². The quantitative estimate of drug-likeness (QED) is 0.690. The molecule has 2 aromatic rings. The molecule has 2 aliphatic heterocycles. The van der Waals surface area contributed by atoms with E-state index in [1.165, 1.54) is 4.31 Å². The number of nitrogens with zero attached hydrogens (tertiary/aromatic N) is 3. The van der Waals surface area contributed by atoms with Gasteiger partial charge >= 0.3 is 0 Å². The number of amides is 1. The zero-order valence-corrected chi connectivity index (χ0v) is 18.6. The van der Waals surface area contributed by atoms with E-state index in [0.717, 1.165) is 35.4 Å². The van der Waals surface area contributed by atoms with Crippen LogP contribution in [0, 0.1) is 0 Å². The molecule has 2 aromatic carbocycles. The lowest BCUT2D eigenvalue weighted by molar-refractivity contribution is -0.128. The summed E-state index contributed by atoms with van der Waals surface area (Å²) in [6, 6.07) is 14.7. The zero-order chi connectivity index (χ0) is 22.0. The van der Waals surface area contributed by atoms with Crippen molar-refractivity contribution in [3.05, 3.63) is 59.7 Å². The van der Waals surface area contributed by atoms with Gasteiger partial charge in [0.2, 0.25) is 16.1 Å². The van der Waals surface area contributed by atoms with Gasteiger partial charge in [-0.05, 0) is 42.2 Å². The van der Waals surface area contributed by atoms with Gasteiger partial charge in [0.15, 0.2) is 0 Å². The van der Waals surface area contributed by atoms with E-state index in [1.807, 2.05) is 44.2 Å². The second-order valence-corrected chi connectivity index (χ2v) is 9.61. The summed E-state index contributed by atoms with van der Waals surface area (Å²) in [5, 5.41) is 4.13. The Labute approximate surface area is 183 Å². The second-order valence-electron chi connectivity index (χ2n) is 7.68. The Hall–Kier alpha value is -2.71. The number of rotatable bonds is 6. The molecular weight excluding hydrogens is 414 g/mol. The number of hydrogen-bond donors (Lipinski definition) is 0. The van der Waals surface area contributed by atoms with E-state index in [2.05, 4.69) is 5.16 Å². The van der Waals surface area contributed by atoms with Crippen molar-refractivity contribution < 1.29 is 18.0 Å². The number of anilines is 1. The fraction of sp³-hybridized carbons (Fsp3) is 0.391. The van der Waals surface area contributed by atoms with Gasteiger partial charge in [-0.3, -0.25) is 4.79 Å². The maximum atomic E-state index is 13.2. The summed E-state index contributed by atoms with van der Waals surface area (Å²) in [6.45, 7) is 5.07. The second kappa shape index (κ2) is 8.80. The van der Waals surface area contributed by atoms with Crippen molar-refractivity contribution in [1.29, 1.82) is 0 Å². The highest BCUT2D eigenvalue weighted by atomic mass is 32.2. The first-order chi connectivity index (χ1) is 15.0. The summed E-state index contributed by atoms with van der Waals surface area (Å²) in [5.41, 5.74) is 3.33. The van der Waals surface area contributed by atoms with Crippen LogP contribution in [0.1, 0.15) is 37.8 Å². The molecule has 2 aliphatic rings. The van der Waals surface area contributed by atoms with Crippen molar-refractivity contribution in [2.45, 2.75) is 44.1 Å². The lowest BCUT2D eigenvalue weighted by atomic mass is 9.99. The van der Waals surface area contributed by atoms with E-state index >= 15 is 0 Å². The maximum Gasteiger partial charge on any atom is 0.271 e. The van der Waals surface area contributed by atoms with Gasteiger partial charge in [-0.15, -0.1) is 0 Å². The van der Waals surface area contributed by atoms with E-state index in [4.69, 9.17) is 4.84 Å². The third-order valence-electron chi connectivity index (χ3n) is 5.83. The maximum absolute atomic E-state index is 13.2. The van der Waals surface area contributed by atoms with Gasteiger partial charge in [0.05, 0.1) is 10.6 Å². The Kier molecular flexibility index (Phi) is 6.11. The Balaban J connectivity index is 1.54. The molecule has 1 amide bonds. The van der Waals surface area contributed by atoms with Crippen LogP contribution in [0.25, 0.3) is 0 Å². The Morgan fingerprint density at radius 3 is 2.61 bits per heavy atom. The molecule has 0 N–H and O–H groups in total. The predicted octanol–water partition coefficient (Wildman–Crippen LogP) is 3.19. The molecule has 31 heavy (non-hydrogen) atoms. The minimum Gasteiger partial charge on any atom is -0.382 e. The minimum absolute atomic E-state index is 0.144. The summed E-state index contributed by atoms with van der Waals surface area (Å²) >= 11 is 0. The Bertz CT molecular complexity index is 1100. The van der Waals surface area contributed by atoms with Crippen LogP contribution in [0.5, 0.6) is 0 Å². The summed E-state index contributed by atoms with van der Waals surface area (Å²) in [4.78, 5) is 20.7. The molecule has 7 nitrogen and oxygen atoms in total. The van der Waals surface area contributed by atoms with Crippen LogP contribution in [0.15, 0.2) is 58.6 Å². The van der Waals surface area contributed by atoms with Gasteiger partial charge < -0.3 is 9.74 Å². The fourth-order valence-corrected chi connectivity index (χ4v) is 5.67. The first kappa shape index (κ1) is 21.5. The summed E-state index contributed by atoms with van der Waals surface area (Å²) in [5.74, 6) is -0.144. The fourth-order valence-electron chi connectivity index (χ4n) is 4.16. The molecule has 2 heterocycles. The highest BCUT2D eigenvalue weighted by molar-refractivity contribution is 7.89. The van der Waals surface area contributed by atoms with Crippen molar-refractivity contribution in [3.8, 4) is 0 Å². The molecule has 0 aliphatic carbocycles. The molecule has 0 saturated heterocycles. The molecular formula is C23H27N3O4S. The third-order valence-corrected chi connectivity index (χ3v) is 7.88. The molecule has 4 rings (SSSR count). The van der Waals surface area contributed by atoms with Crippen molar-refractivity contribution >= 4 is 27.3 Å². The van der Waals surface area contributed by atoms with E-state index in [0.29, 0.717) is 26.1 Å². The number of carbonyl (C=O) groups excluding carboxylic acids is 1. The first-order valence-electron chi connectivity index (χ1n) is 10.7. The highest BCUT2D eigenvalue weighted by Crippen LogP contribution is 2.32.